The molecule has 0 aliphatic rings. The zero-order chi connectivity index (χ0) is 5.28. The summed E-state index contributed by atoms with van der Waals surface area (Å²) in [6.07, 6.45) is 1.90. The monoisotopic (exact) mass is 271 g/mol. The van der Waals surface area contributed by atoms with E-state index in [1.54, 1.807) is 0 Å². The molecule has 0 amide bonds. The Labute approximate surface area is 63.8 Å². The van der Waals surface area contributed by atoms with Crippen molar-refractivity contribution in [3.05, 3.63) is 20.4 Å². The molecule has 7 heavy (non-hydrogen) atoms. The summed E-state index contributed by atoms with van der Waals surface area (Å²) in [7, 11) is 0. The summed E-state index contributed by atoms with van der Waals surface area (Å²) < 4.78 is 2.27. The molecule has 0 radical (unpaired) electrons. The molecule has 1 rings (SSSR count). The fourth-order valence-corrected chi connectivity index (χ4v) is 1.60. The van der Waals surface area contributed by atoms with E-state index in [9.17, 15) is 0 Å². The number of H-pyrrole nitrogens is 1. The maximum absolute atomic E-state index is 3.30. The second-order valence-electron chi connectivity index (χ2n) is 1.17. The third-order valence-electron chi connectivity index (χ3n) is 0.613. The summed E-state index contributed by atoms with van der Waals surface area (Å²) in [6.45, 7) is 0. The van der Waals surface area contributed by atoms with Crippen molar-refractivity contribution in [2.24, 2.45) is 0 Å². The molecule has 0 aliphatic carbocycles. The first-order valence-electron chi connectivity index (χ1n) is 1.78. The van der Waals surface area contributed by atoms with Crippen LogP contribution in [0.15, 0.2) is 16.7 Å². The molecule has 1 nitrogen and oxygen atoms in total. The number of halogens is 2. The highest BCUT2D eigenvalue weighted by molar-refractivity contribution is 14.1. The lowest BCUT2D eigenvalue weighted by atomic mass is 10.7. The molecule has 1 aromatic rings. The molecule has 0 fully saturated rings. The topological polar surface area (TPSA) is 15.8 Å². The average Bonchev–Trinajstić information content (AvgIpc) is 1.87. The summed E-state index contributed by atoms with van der Waals surface area (Å²) in [5.74, 6) is 0. The van der Waals surface area contributed by atoms with Crippen molar-refractivity contribution < 1.29 is 0 Å². The number of nitrogens with one attached hydrogen (secondary N) is 1. The SMILES string of the molecule is Brc1c[nH]c(I)c1. The molecule has 0 saturated heterocycles. The van der Waals surface area contributed by atoms with Gasteiger partial charge in [0.2, 0.25) is 0 Å². The first-order chi connectivity index (χ1) is 3.29. The molecule has 3 heteroatoms. The second-order valence-corrected chi connectivity index (χ2v) is 3.24. The van der Waals surface area contributed by atoms with Crippen LogP contribution in [0.1, 0.15) is 0 Å². The molecule has 38 valence electrons. The number of aromatic nitrogens is 1. The summed E-state index contributed by atoms with van der Waals surface area (Å²) in [5, 5.41) is 0. The Bertz CT molecular complexity index is 144. The molecule has 1 heterocycles. The van der Waals surface area contributed by atoms with Crippen molar-refractivity contribution in [3.63, 3.8) is 0 Å². The van der Waals surface area contributed by atoms with E-state index in [1.165, 1.54) is 0 Å². The van der Waals surface area contributed by atoms with E-state index in [2.05, 4.69) is 43.5 Å². The van der Waals surface area contributed by atoms with Gasteiger partial charge in [-0.05, 0) is 44.6 Å². The van der Waals surface area contributed by atoms with Crippen molar-refractivity contribution in [1.29, 1.82) is 0 Å². The molecule has 0 bridgehead atoms. The summed E-state index contributed by atoms with van der Waals surface area (Å²) in [4.78, 5) is 3.01. The third kappa shape index (κ3) is 1.45. The fraction of sp³-hybridized carbons (Fsp3) is 0. The van der Waals surface area contributed by atoms with Crippen molar-refractivity contribution in [2.45, 2.75) is 0 Å². The number of hydrogen-bond donors (Lipinski definition) is 1. The van der Waals surface area contributed by atoms with Gasteiger partial charge in [-0.1, -0.05) is 0 Å². The molecule has 0 aromatic carbocycles. The van der Waals surface area contributed by atoms with E-state index >= 15 is 0 Å². The van der Waals surface area contributed by atoms with Crippen LogP contribution in [0, 0.1) is 3.70 Å². The maximum atomic E-state index is 3.30. The second kappa shape index (κ2) is 2.17. The Hall–Kier alpha value is 0.490. The van der Waals surface area contributed by atoms with Crippen LogP contribution in [-0.4, -0.2) is 4.98 Å². The van der Waals surface area contributed by atoms with Crippen LogP contribution in [-0.2, 0) is 0 Å². The van der Waals surface area contributed by atoms with E-state index in [0.717, 1.165) is 8.17 Å². The van der Waals surface area contributed by atoms with Gasteiger partial charge in [0.25, 0.3) is 0 Å². The Morgan fingerprint density at radius 1 is 1.71 bits per heavy atom. The van der Waals surface area contributed by atoms with Crippen molar-refractivity contribution in [2.75, 3.05) is 0 Å². The predicted octanol–water partition coefficient (Wildman–Crippen LogP) is 2.38. The van der Waals surface area contributed by atoms with E-state index in [0.29, 0.717) is 0 Å². The van der Waals surface area contributed by atoms with Crippen LogP contribution in [0.25, 0.3) is 0 Å². The Kier molecular flexibility index (Phi) is 1.74. The zero-order valence-electron chi connectivity index (χ0n) is 3.41. The van der Waals surface area contributed by atoms with Crippen molar-refractivity contribution in [1.82, 2.24) is 4.98 Å². The van der Waals surface area contributed by atoms with Gasteiger partial charge in [-0.15, -0.1) is 0 Å². The maximum Gasteiger partial charge on any atom is 0.0783 e. The fourth-order valence-electron chi connectivity index (χ4n) is 0.342. The minimum Gasteiger partial charge on any atom is -0.356 e. The van der Waals surface area contributed by atoms with Gasteiger partial charge in [0.05, 0.1) is 3.70 Å². The molecule has 1 N–H and O–H groups in total. The normalized spacial score (nSPS) is 9.43. The van der Waals surface area contributed by atoms with Gasteiger partial charge in [-0.3, -0.25) is 0 Å². The van der Waals surface area contributed by atoms with Crippen LogP contribution >= 0.6 is 38.5 Å². The molecule has 0 atom stereocenters. The van der Waals surface area contributed by atoms with Crippen LogP contribution in [0.2, 0.25) is 0 Å². The van der Waals surface area contributed by atoms with Gasteiger partial charge in [0.1, 0.15) is 0 Å². The summed E-state index contributed by atoms with van der Waals surface area (Å²) in [5.41, 5.74) is 0. The number of hydrogen-bond acceptors (Lipinski definition) is 0. The van der Waals surface area contributed by atoms with Crippen LogP contribution < -0.4 is 0 Å². The lowest BCUT2D eigenvalue weighted by Gasteiger charge is -1.67. The Morgan fingerprint density at radius 2 is 2.43 bits per heavy atom. The largest absolute Gasteiger partial charge is 0.356 e. The molecule has 0 aliphatic heterocycles. The Morgan fingerprint density at radius 3 is 2.57 bits per heavy atom. The van der Waals surface area contributed by atoms with E-state index < -0.39 is 0 Å². The highest BCUT2D eigenvalue weighted by Crippen LogP contribution is 2.11. The number of rotatable bonds is 0. The quantitative estimate of drug-likeness (QED) is 0.698. The standard InChI is InChI=1S/C4H3BrIN/c5-3-1-4(6)7-2-3/h1-2,7H. The lowest BCUT2D eigenvalue weighted by Crippen LogP contribution is -1.57. The minimum atomic E-state index is 1.11. The van der Waals surface area contributed by atoms with Gasteiger partial charge in [-0.2, -0.15) is 0 Å². The first kappa shape index (κ1) is 5.62. The van der Waals surface area contributed by atoms with Crippen LogP contribution in [0.5, 0.6) is 0 Å². The highest BCUT2D eigenvalue weighted by Gasteiger charge is 1.86. The van der Waals surface area contributed by atoms with Gasteiger partial charge in [0, 0.05) is 10.7 Å². The Balaban J connectivity index is 3.04. The van der Waals surface area contributed by atoms with E-state index in [-0.39, 0.29) is 0 Å². The van der Waals surface area contributed by atoms with Crippen molar-refractivity contribution in [3.8, 4) is 0 Å². The molecule has 1 aromatic heterocycles. The van der Waals surface area contributed by atoms with Gasteiger partial charge < -0.3 is 4.98 Å². The van der Waals surface area contributed by atoms with Gasteiger partial charge in [-0.25, -0.2) is 0 Å². The lowest BCUT2D eigenvalue weighted by molar-refractivity contribution is 1.35. The summed E-state index contributed by atoms with van der Waals surface area (Å²) >= 11 is 5.51. The summed E-state index contributed by atoms with van der Waals surface area (Å²) in [6, 6.07) is 2.01. The molecule has 0 saturated carbocycles. The average molecular weight is 272 g/mol. The molecule has 0 spiro atoms. The smallest absolute Gasteiger partial charge is 0.0783 e. The van der Waals surface area contributed by atoms with Crippen LogP contribution in [0.3, 0.4) is 0 Å². The van der Waals surface area contributed by atoms with Crippen molar-refractivity contribution >= 4 is 38.5 Å². The zero-order valence-corrected chi connectivity index (χ0v) is 7.15. The molecule has 0 unspecified atom stereocenters. The molecular formula is C4H3BrIN. The third-order valence-corrected chi connectivity index (χ3v) is 1.69. The van der Waals surface area contributed by atoms with Gasteiger partial charge >= 0.3 is 0 Å². The first-order valence-corrected chi connectivity index (χ1v) is 3.65. The van der Waals surface area contributed by atoms with E-state index in [4.69, 9.17) is 0 Å². The predicted molar refractivity (Wildman–Crippen MR) is 41.2 cm³/mol. The number of aromatic amines is 1. The highest BCUT2D eigenvalue weighted by atomic mass is 127. The minimum absolute atomic E-state index is 1.11. The van der Waals surface area contributed by atoms with Gasteiger partial charge in [0.15, 0.2) is 0 Å². The molecular weight excluding hydrogens is 269 g/mol. The van der Waals surface area contributed by atoms with E-state index in [1.807, 2.05) is 12.3 Å². The van der Waals surface area contributed by atoms with Crippen LogP contribution in [0.4, 0.5) is 0 Å².